The van der Waals surface area contributed by atoms with E-state index >= 15 is 0 Å². The highest BCUT2D eigenvalue weighted by Gasteiger charge is 1.75. The van der Waals surface area contributed by atoms with Crippen LogP contribution < -0.4 is 4.73 Å². The number of hydrogen-bond donors (Lipinski definition) is 1. The molecule has 0 amide bonds. The van der Waals surface area contributed by atoms with Gasteiger partial charge in [-0.2, -0.15) is 4.73 Å². The van der Waals surface area contributed by atoms with Crippen LogP contribution in [0.15, 0.2) is 30.6 Å². The lowest BCUT2D eigenvalue weighted by atomic mass is 10.5. The monoisotopic (exact) mass is 176 g/mol. The van der Waals surface area contributed by atoms with E-state index in [9.17, 15) is 5.21 Å². The van der Waals surface area contributed by atoms with Crippen LogP contribution >= 0.6 is 0 Å². The van der Waals surface area contributed by atoms with Gasteiger partial charge in [0.25, 0.3) is 0 Å². The molecular weight excluding hydrogens is 170 g/mol. The van der Waals surface area contributed by atoms with E-state index in [1.807, 2.05) is 0 Å². The summed E-state index contributed by atoms with van der Waals surface area (Å²) in [6.45, 7) is 0. The fraction of sp³-hybridized carbons (Fsp3) is 0. The van der Waals surface area contributed by atoms with E-state index in [1.54, 1.807) is 18.2 Å². The molecule has 1 rings (SSSR count). The summed E-state index contributed by atoms with van der Waals surface area (Å²) in [6.07, 6.45) is 2.89. The first-order valence-electron chi connectivity index (χ1n) is 2.55. The van der Waals surface area contributed by atoms with Crippen LogP contribution in [0.3, 0.4) is 0 Å². The Labute approximate surface area is 66.0 Å². The summed E-state index contributed by atoms with van der Waals surface area (Å²) in [4.78, 5) is 0. The van der Waals surface area contributed by atoms with Gasteiger partial charge >= 0.3 is 0 Å². The van der Waals surface area contributed by atoms with E-state index < -0.39 is 11.4 Å². The third-order valence-corrected chi connectivity index (χ3v) is 0.688. The molecule has 0 fully saturated rings. The van der Waals surface area contributed by atoms with Crippen molar-refractivity contribution >= 4 is 11.4 Å². The first-order valence-corrected chi connectivity index (χ1v) is 3.58. The van der Waals surface area contributed by atoms with Gasteiger partial charge in [0.1, 0.15) is 0 Å². The lowest BCUT2D eigenvalue weighted by molar-refractivity contribution is -0.605. The van der Waals surface area contributed by atoms with Crippen LogP contribution in [0.4, 0.5) is 0 Å². The van der Waals surface area contributed by atoms with E-state index in [-0.39, 0.29) is 0 Å². The average molecular weight is 176 g/mol. The van der Waals surface area contributed by atoms with Gasteiger partial charge < -0.3 is 14.3 Å². The molecule has 0 saturated carbocycles. The predicted molar refractivity (Wildman–Crippen MR) is 37.0 cm³/mol. The summed E-state index contributed by atoms with van der Waals surface area (Å²) in [7, 11) is 0. The molecule has 11 heavy (non-hydrogen) atoms. The maximum Gasteiger partial charge on any atom is 0.180 e. The summed E-state index contributed by atoms with van der Waals surface area (Å²) in [5, 5.41) is 10.2. The molecule has 0 aliphatic carbocycles. The Hall–Kier alpha value is -0.980. The quantitative estimate of drug-likeness (QED) is 0.332. The van der Waals surface area contributed by atoms with Gasteiger partial charge in [-0.05, 0) is 0 Å². The minimum Gasteiger partial charge on any atom is -0.750 e. The Kier molecular flexibility index (Phi) is 5.26. The molecule has 1 atom stereocenters. The largest absolute Gasteiger partial charge is 0.750 e. The molecule has 1 aromatic rings. The highest BCUT2D eigenvalue weighted by molar-refractivity contribution is 7.73. The number of hydrogen-bond acceptors (Lipinski definition) is 3. The molecule has 0 aromatic carbocycles. The zero-order chi connectivity index (χ0) is 8.69. The predicted octanol–water partition coefficient (Wildman–Crippen LogP) is -0.342. The standard InChI is InChI=1S/C5H5NO.H2O3S/c7-6-4-2-1-3-5-6;1-4(2)3/h1-5H;(H2,1,2,3)/p-1. The lowest BCUT2D eigenvalue weighted by Crippen LogP contribution is -2.22. The Morgan fingerprint density at radius 2 is 1.64 bits per heavy atom. The number of nitrogens with zero attached hydrogens (tertiary/aromatic N) is 1. The molecule has 0 spiro atoms. The van der Waals surface area contributed by atoms with E-state index in [2.05, 4.69) is 0 Å². The zero-order valence-electron chi connectivity index (χ0n) is 5.41. The molecule has 1 unspecified atom stereocenters. The summed E-state index contributed by atoms with van der Waals surface area (Å²) in [6, 6.07) is 5.18. The molecule has 1 aromatic heterocycles. The number of aromatic nitrogens is 1. The average Bonchev–Trinajstić information content (AvgIpc) is 1.87. The number of pyridine rings is 1. The third kappa shape index (κ3) is 9.02. The summed E-state index contributed by atoms with van der Waals surface area (Å²) in [5.41, 5.74) is 0. The minimum atomic E-state index is -2.86. The van der Waals surface area contributed by atoms with Crippen LogP contribution in [0, 0.1) is 5.21 Å². The van der Waals surface area contributed by atoms with Crippen molar-refractivity contribution in [3.8, 4) is 0 Å². The van der Waals surface area contributed by atoms with Gasteiger partial charge in [0.05, 0.1) is 11.4 Å². The van der Waals surface area contributed by atoms with Crippen LogP contribution in [-0.4, -0.2) is 13.3 Å². The molecule has 0 aliphatic rings. The Morgan fingerprint density at radius 3 is 1.82 bits per heavy atom. The lowest BCUT2D eigenvalue weighted by Gasteiger charge is -1.88. The van der Waals surface area contributed by atoms with Crippen molar-refractivity contribution in [2.45, 2.75) is 0 Å². The smallest absolute Gasteiger partial charge is 0.180 e. The van der Waals surface area contributed by atoms with E-state index in [1.165, 1.54) is 12.4 Å². The SMILES string of the molecule is O=S([O-])O.[O-][n+]1ccccc1. The molecule has 1 heterocycles. The first-order chi connectivity index (χ1) is 5.13. The van der Waals surface area contributed by atoms with Crippen LogP contribution in [0.5, 0.6) is 0 Å². The topological polar surface area (TPSA) is 87.3 Å². The van der Waals surface area contributed by atoms with Crippen LogP contribution in [-0.2, 0) is 11.4 Å². The van der Waals surface area contributed by atoms with Crippen LogP contribution in [0.2, 0.25) is 0 Å². The van der Waals surface area contributed by atoms with Gasteiger partial charge in [0.2, 0.25) is 0 Å². The second kappa shape index (κ2) is 5.78. The molecule has 0 radical (unpaired) electrons. The van der Waals surface area contributed by atoms with Crippen molar-refractivity contribution in [2.24, 2.45) is 0 Å². The fourth-order valence-electron chi connectivity index (χ4n) is 0.383. The molecular formula is C5H6NO4S-. The summed E-state index contributed by atoms with van der Waals surface area (Å²) in [5.74, 6) is 0. The first kappa shape index (κ1) is 10.0. The van der Waals surface area contributed by atoms with Crippen molar-refractivity contribution in [3.63, 3.8) is 0 Å². The molecule has 1 N–H and O–H groups in total. The third-order valence-electron chi connectivity index (χ3n) is 0.688. The van der Waals surface area contributed by atoms with Crippen molar-refractivity contribution in [1.82, 2.24) is 0 Å². The maximum atomic E-state index is 10.2. The molecule has 62 valence electrons. The molecule has 0 aliphatic heterocycles. The second-order valence-corrected chi connectivity index (χ2v) is 1.89. The van der Waals surface area contributed by atoms with Crippen molar-refractivity contribution in [1.29, 1.82) is 0 Å². The molecule has 0 bridgehead atoms. The van der Waals surface area contributed by atoms with E-state index in [0.717, 1.165) is 4.73 Å². The van der Waals surface area contributed by atoms with Crippen molar-refractivity contribution in [2.75, 3.05) is 0 Å². The highest BCUT2D eigenvalue weighted by atomic mass is 32.2. The van der Waals surface area contributed by atoms with Crippen molar-refractivity contribution < 1.29 is 18.0 Å². The zero-order valence-corrected chi connectivity index (χ0v) is 6.23. The Bertz CT molecular complexity index is 211. The van der Waals surface area contributed by atoms with Gasteiger partial charge in [-0.25, -0.2) is 4.21 Å². The van der Waals surface area contributed by atoms with Gasteiger partial charge in [-0.15, -0.1) is 0 Å². The van der Waals surface area contributed by atoms with Gasteiger partial charge in [0.15, 0.2) is 12.4 Å². The summed E-state index contributed by atoms with van der Waals surface area (Å²) >= 11 is -2.86. The molecule has 5 nitrogen and oxygen atoms in total. The van der Waals surface area contributed by atoms with Gasteiger partial charge in [0, 0.05) is 12.1 Å². The van der Waals surface area contributed by atoms with E-state index in [0.29, 0.717) is 0 Å². The molecule has 6 heteroatoms. The minimum absolute atomic E-state index is 0.750. The van der Waals surface area contributed by atoms with Crippen LogP contribution in [0.1, 0.15) is 0 Å². The Balaban J connectivity index is 0.000000218. The maximum absolute atomic E-state index is 10.2. The van der Waals surface area contributed by atoms with Gasteiger partial charge in [-0.1, -0.05) is 6.07 Å². The molecule has 0 saturated heterocycles. The Morgan fingerprint density at radius 1 is 1.27 bits per heavy atom. The second-order valence-electron chi connectivity index (χ2n) is 1.45. The number of rotatable bonds is 0. The normalized spacial score (nSPS) is 11.1. The van der Waals surface area contributed by atoms with E-state index in [4.69, 9.17) is 13.3 Å². The summed E-state index contributed by atoms with van der Waals surface area (Å²) < 4.78 is 24.8. The highest BCUT2D eigenvalue weighted by Crippen LogP contribution is 1.72. The fourth-order valence-corrected chi connectivity index (χ4v) is 0.383. The van der Waals surface area contributed by atoms with Crippen LogP contribution in [0.25, 0.3) is 0 Å². The van der Waals surface area contributed by atoms with Crippen molar-refractivity contribution in [3.05, 3.63) is 35.8 Å². The van der Waals surface area contributed by atoms with Gasteiger partial charge in [-0.3, -0.25) is 0 Å².